The molecule has 0 aliphatic heterocycles. The molecule has 3 heteroatoms. The number of hydrogen-bond acceptors (Lipinski definition) is 1. The predicted octanol–water partition coefficient (Wildman–Crippen LogP) is 4.53. The topological polar surface area (TPSA) is 26.0 Å². The number of benzene rings is 2. The Kier molecular flexibility index (Phi) is 3.53. The summed E-state index contributed by atoms with van der Waals surface area (Å²) in [6.45, 7) is 0. The third kappa shape index (κ3) is 2.64. The highest BCUT2D eigenvalue weighted by atomic mass is 35.5. The van der Waals surface area contributed by atoms with Crippen LogP contribution in [0.15, 0.2) is 36.4 Å². The number of aryl methyl sites for hydroxylation is 2. The van der Waals surface area contributed by atoms with Gasteiger partial charge in [0.05, 0.1) is 6.04 Å². The zero-order valence-electron chi connectivity index (χ0n) is 10.5. The van der Waals surface area contributed by atoms with Gasteiger partial charge >= 0.3 is 0 Å². The van der Waals surface area contributed by atoms with Crippen LogP contribution in [-0.2, 0) is 12.8 Å². The van der Waals surface area contributed by atoms with Crippen LogP contribution in [0.25, 0.3) is 0 Å². The smallest absolute Gasteiger partial charge is 0.0552 e. The van der Waals surface area contributed by atoms with Crippen LogP contribution in [0.2, 0.25) is 10.0 Å². The average molecular weight is 292 g/mol. The van der Waals surface area contributed by atoms with E-state index in [9.17, 15) is 0 Å². The Balaban J connectivity index is 1.97. The van der Waals surface area contributed by atoms with E-state index in [-0.39, 0.29) is 6.04 Å². The number of nitrogens with two attached hydrogens (primary N) is 1. The van der Waals surface area contributed by atoms with Crippen molar-refractivity contribution in [3.05, 3.63) is 68.7 Å². The van der Waals surface area contributed by atoms with Crippen molar-refractivity contribution < 1.29 is 0 Å². The molecule has 1 aliphatic carbocycles. The fourth-order valence-corrected chi connectivity index (χ4v) is 3.28. The minimum Gasteiger partial charge on any atom is -0.320 e. The van der Waals surface area contributed by atoms with E-state index >= 15 is 0 Å². The Bertz CT molecular complexity index is 602. The molecule has 19 heavy (non-hydrogen) atoms. The van der Waals surface area contributed by atoms with Crippen molar-refractivity contribution in [1.82, 2.24) is 0 Å². The number of rotatable bonds is 2. The lowest BCUT2D eigenvalue weighted by Crippen LogP contribution is -2.12. The third-order valence-corrected chi connectivity index (χ3v) is 4.16. The van der Waals surface area contributed by atoms with Crippen molar-refractivity contribution in [1.29, 1.82) is 0 Å². The molecule has 0 fully saturated rings. The summed E-state index contributed by atoms with van der Waals surface area (Å²) in [6, 6.07) is 11.8. The zero-order valence-corrected chi connectivity index (χ0v) is 12.0. The van der Waals surface area contributed by atoms with Crippen LogP contribution in [0.1, 0.15) is 34.7 Å². The largest absolute Gasteiger partial charge is 0.320 e. The molecule has 1 aliphatic rings. The summed E-state index contributed by atoms with van der Waals surface area (Å²) in [5.74, 6) is 0. The van der Waals surface area contributed by atoms with E-state index in [2.05, 4.69) is 18.2 Å². The van der Waals surface area contributed by atoms with E-state index in [1.165, 1.54) is 24.0 Å². The van der Waals surface area contributed by atoms with Crippen molar-refractivity contribution >= 4 is 23.2 Å². The number of fused-ring (bicyclic) bond motifs is 1. The molecule has 0 radical (unpaired) electrons. The fraction of sp³-hybridized carbons (Fsp3) is 0.250. The van der Waals surface area contributed by atoms with Crippen LogP contribution >= 0.6 is 23.2 Å². The Labute approximate surface area is 123 Å². The molecule has 0 heterocycles. The van der Waals surface area contributed by atoms with Gasteiger partial charge in [-0.3, -0.25) is 0 Å². The van der Waals surface area contributed by atoms with Gasteiger partial charge in [0.25, 0.3) is 0 Å². The second kappa shape index (κ2) is 5.16. The van der Waals surface area contributed by atoms with E-state index in [4.69, 9.17) is 28.9 Å². The summed E-state index contributed by atoms with van der Waals surface area (Å²) in [4.78, 5) is 0. The fourth-order valence-electron chi connectivity index (χ4n) is 2.73. The Hall–Kier alpha value is -1.02. The summed E-state index contributed by atoms with van der Waals surface area (Å²) >= 11 is 12.1. The second-order valence-electron chi connectivity index (χ2n) is 5.06. The molecule has 2 aromatic rings. The van der Waals surface area contributed by atoms with E-state index < -0.39 is 0 Å². The molecule has 2 aromatic carbocycles. The molecular weight excluding hydrogens is 277 g/mol. The van der Waals surface area contributed by atoms with E-state index in [0.717, 1.165) is 17.5 Å². The summed E-state index contributed by atoms with van der Waals surface area (Å²) in [6.07, 6.45) is 3.59. The van der Waals surface area contributed by atoms with Gasteiger partial charge in [-0.25, -0.2) is 0 Å². The number of halogens is 2. The Morgan fingerprint density at radius 2 is 1.53 bits per heavy atom. The standard InChI is InChI=1S/C16H15Cl2N/c17-14-7-13(8-15(18)9-14)16(19)12-5-4-10-2-1-3-11(10)6-12/h4-9,16H,1-3,19H2. The predicted molar refractivity (Wildman–Crippen MR) is 81.0 cm³/mol. The minimum atomic E-state index is -0.179. The average Bonchev–Trinajstić information content (AvgIpc) is 2.83. The van der Waals surface area contributed by atoms with Gasteiger partial charge in [-0.05, 0) is 59.7 Å². The molecule has 1 nitrogen and oxygen atoms in total. The molecule has 3 rings (SSSR count). The lowest BCUT2D eigenvalue weighted by Gasteiger charge is -2.15. The summed E-state index contributed by atoms with van der Waals surface area (Å²) in [5, 5.41) is 1.25. The Morgan fingerprint density at radius 3 is 2.26 bits per heavy atom. The van der Waals surface area contributed by atoms with Crippen molar-refractivity contribution in [2.45, 2.75) is 25.3 Å². The lowest BCUT2D eigenvalue weighted by molar-refractivity contribution is 0.867. The van der Waals surface area contributed by atoms with Crippen molar-refractivity contribution in [3.63, 3.8) is 0 Å². The summed E-state index contributed by atoms with van der Waals surface area (Å²) in [5.41, 5.74) is 11.3. The maximum absolute atomic E-state index is 6.33. The van der Waals surface area contributed by atoms with Crippen LogP contribution in [0, 0.1) is 0 Å². The van der Waals surface area contributed by atoms with Gasteiger partial charge in [-0.1, -0.05) is 41.4 Å². The van der Waals surface area contributed by atoms with E-state index in [0.29, 0.717) is 10.0 Å². The van der Waals surface area contributed by atoms with Crippen molar-refractivity contribution in [3.8, 4) is 0 Å². The molecule has 98 valence electrons. The van der Waals surface area contributed by atoms with Gasteiger partial charge in [0, 0.05) is 10.0 Å². The summed E-state index contributed by atoms with van der Waals surface area (Å²) < 4.78 is 0. The highest BCUT2D eigenvalue weighted by Crippen LogP contribution is 2.29. The highest BCUT2D eigenvalue weighted by Gasteiger charge is 2.15. The molecule has 1 unspecified atom stereocenters. The van der Waals surface area contributed by atoms with Gasteiger partial charge in [0.15, 0.2) is 0 Å². The van der Waals surface area contributed by atoms with Gasteiger partial charge in [-0.15, -0.1) is 0 Å². The highest BCUT2D eigenvalue weighted by molar-refractivity contribution is 6.34. The molecule has 0 saturated heterocycles. The lowest BCUT2D eigenvalue weighted by atomic mass is 9.96. The van der Waals surface area contributed by atoms with Gasteiger partial charge in [0.2, 0.25) is 0 Å². The minimum absolute atomic E-state index is 0.179. The monoisotopic (exact) mass is 291 g/mol. The van der Waals surface area contributed by atoms with E-state index in [1.807, 2.05) is 12.1 Å². The molecule has 0 bridgehead atoms. The number of hydrogen-bond donors (Lipinski definition) is 1. The molecule has 0 saturated carbocycles. The van der Waals surface area contributed by atoms with Crippen LogP contribution < -0.4 is 5.73 Å². The molecule has 0 spiro atoms. The molecule has 2 N–H and O–H groups in total. The quantitative estimate of drug-likeness (QED) is 0.864. The first kappa shape index (κ1) is 13.0. The van der Waals surface area contributed by atoms with Crippen LogP contribution in [-0.4, -0.2) is 0 Å². The van der Waals surface area contributed by atoms with Crippen LogP contribution in [0.3, 0.4) is 0 Å². The summed E-state index contributed by atoms with van der Waals surface area (Å²) in [7, 11) is 0. The third-order valence-electron chi connectivity index (χ3n) is 3.73. The zero-order chi connectivity index (χ0) is 13.4. The molecular formula is C16H15Cl2N. The van der Waals surface area contributed by atoms with Crippen molar-refractivity contribution in [2.24, 2.45) is 5.73 Å². The van der Waals surface area contributed by atoms with Crippen molar-refractivity contribution in [2.75, 3.05) is 0 Å². The Morgan fingerprint density at radius 1 is 0.842 bits per heavy atom. The first-order valence-corrected chi connectivity index (χ1v) is 7.22. The van der Waals surface area contributed by atoms with Crippen LogP contribution in [0.5, 0.6) is 0 Å². The van der Waals surface area contributed by atoms with E-state index in [1.54, 1.807) is 6.07 Å². The molecule has 1 atom stereocenters. The van der Waals surface area contributed by atoms with Gasteiger partial charge in [0.1, 0.15) is 0 Å². The molecule has 0 amide bonds. The van der Waals surface area contributed by atoms with Gasteiger partial charge < -0.3 is 5.73 Å². The van der Waals surface area contributed by atoms with Crippen LogP contribution in [0.4, 0.5) is 0 Å². The second-order valence-corrected chi connectivity index (χ2v) is 5.94. The van der Waals surface area contributed by atoms with Gasteiger partial charge in [-0.2, -0.15) is 0 Å². The first-order valence-electron chi connectivity index (χ1n) is 6.47. The molecule has 0 aromatic heterocycles. The first-order chi connectivity index (χ1) is 9.13. The maximum atomic E-state index is 6.33. The normalized spacial score (nSPS) is 15.3. The maximum Gasteiger partial charge on any atom is 0.0552 e. The SMILES string of the molecule is NC(c1cc(Cl)cc(Cl)c1)c1ccc2c(c1)CCC2.